The standard InChI is InChI=1S/C22H19Cl2FN2O3S/c1-3-14-6-4-5-13(2)21(14)27-31(29,30)16-8-10-20(19(25)12-16)26-22(28)17-9-7-15(23)11-18(17)24/h4-12,27H,3H2,1-2H3,(H,26,28). The molecule has 3 aromatic carbocycles. The molecule has 0 fully saturated rings. The van der Waals surface area contributed by atoms with E-state index in [9.17, 15) is 17.6 Å². The number of carbonyl (C=O) groups excluding carboxylic acids is 1. The molecule has 0 bridgehead atoms. The second-order valence-corrected chi connectivity index (χ2v) is 9.31. The highest BCUT2D eigenvalue weighted by molar-refractivity contribution is 7.92. The Bertz CT molecular complexity index is 1260. The Morgan fingerprint density at radius 3 is 2.45 bits per heavy atom. The van der Waals surface area contributed by atoms with Crippen molar-refractivity contribution < 1.29 is 17.6 Å². The summed E-state index contributed by atoms with van der Waals surface area (Å²) in [6, 6.07) is 13.0. The molecular formula is C22H19Cl2FN2O3S. The zero-order chi connectivity index (χ0) is 22.8. The van der Waals surface area contributed by atoms with Gasteiger partial charge in [0.25, 0.3) is 15.9 Å². The van der Waals surface area contributed by atoms with Crippen LogP contribution in [0.3, 0.4) is 0 Å². The van der Waals surface area contributed by atoms with Crippen molar-refractivity contribution >= 4 is 50.5 Å². The van der Waals surface area contributed by atoms with Crippen molar-refractivity contribution in [2.24, 2.45) is 0 Å². The van der Waals surface area contributed by atoms with Gasteiger partial charge in [-0.05, 0) is 60.9 Å². The molecular weight excluding hydrogens is 462 g/mol. The van der Waals surface area contributed by atoms with Crippen molar-refractivity contribution in [3.05, 3.63) is 87.2 Å². The van der Waals surface area contributed by atoms with Crippen LogP contribution in [0.15, 0.2) is 59.5 Å². The molecule has 2 N–H and O–H groups in total. The number of benzene rings is 3. The van der Waals surface area contributed by atoms with Crippen molar-refractivity contribution in [1.29, 1.82) is 0 Å². The Morgan fingerprint density at radius 2 is 1.81 bits per heavy atom. The lowest BCUT2D eigenvalue weighted by atomic mass is 10.1. The zero-order valence-corrected chi connectivity index (χ0v) is 19.0. The maximum atomic E-state index is 14.6. The molecule has 0 aliphatic rings. The summed E-state index contributed by atoms with van der Waals surface area (Å²) in [5.41, 5.74) is 1.98. The molecule has 1 amide bonds. The highest BCUT2D eigenvalue weighted by Gasteiger charge is 2.20. The average Bonchev–Trinajstić information content (AvgIpc) is 2.70. The highest BCUT2D eigenvalue weighted by atomic mass is 35.5. The number of hydrogen-bond donors (Lipinski definition) is 2. The van der Waals surface area contributed by atoms with Crippen LogP contribution in [0, 0.1) is 12.7 Å². The van der Waals surface area contributed by atoms with Gasteiger partial charge in [0.05, 0.1) is 26.9 Å². The first kappa shape index (κ1) is 23.1. The van der Waals surface area contributed by atoms with E-state index in [0.29, 0.717) is 17.1 Å². The molecule has 0 aliphatic carbocycles. The first-order chi connectivity index (χ1) is 14.6. The number of para-hydroxylation sites is 1. The number of halogens is 3. The smallest absolute Gasteiger partial charge is 0.262 e. The third-order valence-corrected chi connectivity index (χ3v) is 6.55. The molecule has 0 atom stereocenters. The van der Waals surface area contributed by atoms with Crippen LogP contribution in [0.4, 0.5) is 15.8 Å². The van der Waals surface area contributed by atoms with Crippen LogP contribution >= 0.6 is 23.2 Å². The fourth-order valence-corrected chi connectivity index (χ4v) is 4.67. The number of rotatable bonds is 6. The van der Waals surface area contributed by atoms with Gasteiger partial charge >= 0.3 is 0 Å². The first-order valence-electron chi connectivity index (χ1n) is 9.29. The summed E-state index contributed by atoms with van der Waals surface area (Å²) in [6.07, 6.45) is 0.631. The molecule has 0 spiro atoms. The van der Waals surface area contributed by atoms with Crippen molar-refractivity contribution in [1.82, 2.24) is 0 Å². The Hall–Kier alpha value is -2.61. The van der Waals surface area contributed by atoms with Gasteiger partial charge in [-0.3, -0.25) is 9.52 Å². The summed E-state index contributed by atoms with van der Waals surface area (Å²) in [5.74, 6) is -1.55. The number of nitrogens with one attached hydrogen (secondary N) is 2. The number of hydrogen-bond acceptors (Lipinski definition) is 3. The molecule has 0 aromatic heterocycles. The van der Waals surface area contributed by atoms with Crippen LogP contribution in [0.1, 0.15) is 28.4 Å². The van der Waals surface area contributed by atoms with Gasteiger partial charge in [0.15, 0.2) is 0 Å². The molecule has 0 saturated heterocycles. The molecule has 0 aliphatic heterocycles. The summed E-state index contributed by atoms with van der Waals surface area (Å²) >= 11 is 11.8. The second kappa shape index (κ2) is 9.26. The summed E-state index contributed by atoms with van der Waals surface area (Å²) in [6.45, 7) is 3.70. The number of aryl methyl sites for hydroxylation is 2. The first-order valence-corrected chi connectivity index (χ1v) is 11.5. The van der Waals surface area contributed by atoms with Gasteiger partial charge in [-0.15, -0.1) is 0 Å². The van der Waals surface area contributed by atoms with Gasteiger partial charge < -0.3 is 5.32 Å². The van der Waals surface area contributed by atoms with Crippen LogP contribution in [0.2, 0.25) is 10.0 Å². The maximum absolute atomic E-state index is 14.6. The van der Waals surface area contributed by atoms with Crippen LogP contribution in [-0.2, 0) is 16.4 Å². The van der Waals surface area contributed by atoms with E-state index in [1.54, 1.807) is 13.0 Å². The summed E-state index contributed by atoms with van der Waals surface area (Å²) < 4.78 is 42.8. The quantitative estimate of drug-likeness (QED) is 0.450. The Morgan fingerprint density at radius 1 is 1.06 bits per heavy atom. The van der Waals surface area contributed by atoms with Crippen molar-refractivity contribution in [2.75, 3.05) is 10.0 Å². The van der Waals surface area contributed by atoms with E-state index in [2.05, 4.69) is 10.0 Å². The van der Waals surface area contributed by atoms with Gasteiger partial charge in [0.1, 0.15) is 5.82 Å². The largest absolute Gasteiger partial charge is 0.319 e. The predicted molar refractivity (Wildman–Crippen MR) is 122 cm³/mol. The van der Waals surface area contributed by atoms with E-state index in [1.165, 1.54) is 30.3 Å². The Balaban J connectivity index is 1.85. The lowest BCUT2D eigenvalue weighted by Gasteiger charge is -2.15. The lowest BCUT2D eigenvalue weighted by molar-refractivity contribution is 0.102. The molecule has 162 valence electrons. The van der Waals surface area contributed by atoms with E-state index < -0.39 is 21.7 Å². The van der Waals surface area contributed by atoms with E-state index in [1.807, 2.05) is 19.1 Å². The molecule has 3 rings (SSSR count). The highest BCUT2D eigenvalue weighted by Crippen LogP contribution is 2.27. The Kier molecular flexibility index (Phi) is 6.89. The molecule has 31 heavy (non-hydrogen) atoms. The topological polar surface area (TPSA) is 75.3 Å². The Labute approximate surface area is 190 Å². The number of amides is 1. The minimum absolute atomic E-state index is 0.107. The normalized spacial score (nSPS) is 11.3. The molecule has 5 nitrogen and oxygen atoms in total. The molecule has 0 radical (unpaired) electrons. The summed E-state index contributed by atoms with van der Waals surface area (Å²) in [7, 11) is -4.04. The van der Waals surface area contributed by atoms with E-state index in [0.717, 1.165) is 17.2 Å². The van der Waals surface area contributed by atoms with Gasteiger partial charge in [0, 0.05) is 5.02 Å². The average molecular weight is 481 g/mol. The van der Waals surface area contributed by atoms with Crippen molar-refractivity contribution in [3.63, 3.8) is 0 Å². The van der Waals surface area contributed by atoms with E-state index in [4.69, 9.17) is 23.2 Å². The third-order valence-electron chi connectivity index (χ3n) is 4.65. The predicted octanol–water partition coefficient (Wildman–Crippen LogP) is 6.06. The van der Waals surface area contributed by atoms with Gasteiger partial charge in [-0.2, -0.15) is 0 Å². The van der Waals surface area contributed by atoms with Gasteiger partial charge in [-0.1, -0.05) is 48.3 Å². The summed E-state index contributed by atoms with van der Waals surface area (Å²) in [4.78, 5) is 12.1. The molecule has 0 unspecified atom stereocenters. The summed E-state index contributed by atoms with van der Waals surface area (Å²) in [5, 5.41) is 2.85. The molecule has 0 saturated carbocycles. The molecule has 3 aromatic rings. The maximum Gasteiger partial charge on any atom is 0.262 e. The van der Waals surface area contributed by atoms with Crippen LogP contribution < -0.4 is 10.0 Å². The van der Waals surface area contributed by atoms with E-state index >= 15 is 0 Å². The molecule has 0 heterocycles. The molecule has 9 heteroatoms. The van der Waals surface area contributed by atoms with Crippen LogP contribution in [0.25, 0.3) is 0 Å². The number of anilines is 2. The van der Waals surface area contributed by atoms with Crippen LogP contribution in [-0.4, -0.2) is 14.3 Å². The lowest BCUT2D eigenvalue weighted by Crippen LogP contribution is -2.17. The number of carbonyl (C=O) groups is 1. The third kappa shape index (κ3) is 5.18. The van der Waals surface area contributed by atoms with Gasteiger partial charge in [0.2, 0.25) is 0 Å². The van der Waals surface area contributed by atoms with Crippen LogP contribution in [0.5, 0.6) is 0 Å². The van der Waals surface area contributed by atoms with Crippen molar-refractivity contribution in [2.45, 2.75) is 25.2 Å². The van der Waals surface area contributed by atoms with Gasteiger partial charge in [-0.25, -0.2) is 12.8 Å². The zero-order valence-electron chi connectivity index (χ0n) is 16.7. The minimum Gasteiger partial charge on any atom is -0.319 e. The van der Waals surface area contributed by atoms with E-state index in [-0.39, 0.29) is 21.2 Å². The fraction of sp³-hybridized carbons (Fsp3) is 0.136. The second-order valence-electron chi connectivity index (χ2n) is 6.79. The monoisotopic (exact) mass is 480 g/mol. The number of sulfonamides is 1. The fourth-order valence-electron chi connectivity index (χ4n) is 2.99. The minimum atomic E-state index is -4.04. The SMILES string of the molecule is CCc1cccc(C)c1NS(=O)(=O)c1ccc(NC(=O)c2ccc(Cl)cc2Cl)c(F)c1. The van der Waals surface area contributed by atoms with Crippen molar-refractivity contribution in [3.8, 4) is 0 Å².